The molecule has 1 heterocycles. The van der Waals surface area contributed by atoms with Crippen LogP contribution in [0.4, 0.5) is 8.78 Å². The number of nitrogens with one attached hydrogen (secondary N) is 2. The molecule has 2 aromatic rings. The summed E-state index contributed by atoms with van der Waals surface area (Å²) in [6.45, 7) is 6.21. The van der Waals surface area contributed by atoms with Crippen LogP contribution in [0.25, 0.3) is 0 Å². The first-order valence-corrected chi connectivity index (χ1v) is 10.5. The van der Waals surface area contributed by atoms with Crippen LogP contribution in [-0.2, 0) is 11.3 Å². The van der Waals surface area contributed by atoms with Crippen LogP contribution in [0.3, 0.4) is 0 Å². The highest BCUT2D eigenvalue weighted by molar-refractivity contribution is 5.79. The molecule has 8 heteroatoms. The van der Waals surface area contributed by atoms with E-state index in [1.165, 1.54) is 18.2 Å². The van der Waals surface area contributed by atoms with Crippen molar-refractivity contribution in [1.29, 1.82) is 0 Å². The average molecular weight is 433 g/mol. The van der Waals surface area contributed by atoms with E-state index >= 15 is 0 Å². The van der Waals surface area contributed by atoms with Crippen molar-refractivity contribution in [3.63, 3.8) is 0 Å². The Labute approximate surface area is 182 Å². The van der Waals surface area contributed by atoms with Crippen molar-refractivity contribution >= 4 is 5.96 Å². The maximum absolute atomic E-state index is 14.1. The second-order valence-electron chi connectivity index (χ2n) is 7.22. The van der Waals surface area contributed by atoms with E-state index in [9.17, 15) is 8.78 Å². The van der Waals surface area contributed by atoms with E-state index in [1.54, 1.807) is 13.1 Å². The van der Waals surface area contributed by atoms with Gasteiger partial charge in [0, 0.05) is 33.2 Å². The quantitative estimate of drug-likeness (QED) is 0.496. The van der Waals surface area contributed by atoms with Gasteiger partial charge in [-0.3, -0.25) is 9.89 Å². The molecule has 0 aromatic heterocycles. The van der Waals surface area contributed by atoms with Gasteiger partial charge in [-0.2, -0.15) is 0 Å². The number of halogens is 2. The van der Waals surface area contributed by atoms with Crippen LogP contribution < -0.4 is 15.4 Å². The summed E-state index contributed by atoms with van der Waals surface area (Å²) in [5.41, 5.74) is 1.81. The number of hydrogen-bond acceptors (Lipinski definition) is 4. The molecule has 3 rings (SSSR count). The van der Waals surface area contributed by atoms with Gasteiger partial charge in [0.2, 0.25) is 0 Å². The van der Waals surface area contributed by atoms with E-state index in [-0.39, 0.29) is 23.4 Å². The van der Waals surface area contributed by atoms with Crippen LogP contribution in [0.15, 0.2) is 47.5 Å². The topological polar surface area (TPSA) is 58.1 Å². The maximum Gasteiger partial charge on any atom is 0.191 e. The van der Waals surface area contributed by atoms with E-state index in [1.807, 2.05) is 25.1 Å². The van der Waals surface area contributed by atoms with E-state index in [4.69, 9.17) is 9.47 Å². The third-order valence-electron chi connectivity index (χ3n) is 5.18. The molecular formula is C23H30F2N4O2. The highest BCUT2D eigenvalue weighted by Gasteiger charge is 2.23. The van der Waals surface area contributed by atoms with E-state index in [0.29, 0.717) is 38.9 Å². The number of nitrogens with zero attached hydrogens (tertiary/aromatic N) is 2. The van der Waals surface area contributed by atoms with Crippen molar-refractivity contribution < 1.29 is 18.3 Å². The standard InChI is InChI=1S/C23H30F2N4O2/c1-3-31-22-9-4-17(14-20(22)25)15-27-23(26-2)28-16-21(29-10-12-30-13-11-29)18-5-7-19(24)8-6-18/h4-9,14,21H,3,10-13,15-16H2,1-2H3,(H2,26,27,28). The van der Waals surface area contributed by atoms with Gasteiger partial charge in [0.05, 0.1) is 25.9 Å². The Balaban J connectivity index is 1.61. The number of ether oxygens (including phenoxy) is 2. The van der Waals surface area contributed by atoms with Gasteiger partial charge in [-0.1, -0.05) is 18.2 Å². The van der Waals surface area contributed by atoms with Crippen molar-refractivity contribution in [3.8, 4) is 5.75 Å². The molecular weight excluding hydrogens is 402 g/mol. The molecule has 31 heavy (non-hydrogen) atoms. The molecule has 2 N–H and O–H groups in total. The fourth-order valence-corrected chi connectivity index (χ4v) is 3.56. The van der Waals surface area contributed by atoms with Gasteiger partial charge in [0.25, 0.3) is 0 Å². The van der Waals surface area contributed by atoms with E-state index in [2.05, 4.69) is 20.5 Å². The van der Waals surface area contributed by atoms with Gasteiger partial charge in [-0.05, 0) is 42.3 Å². The summed E-state index contributed by atoms with van der Waals surface area (Å²) in [6.07, 6.45) is 0. The zero-order valence-electron chi connectivity index (χ0n) is 18.0. The minimum atomic E-state index is -0.382. The largest absolute Gasteiger partial charge is 0.491 e. The van der Waals surface area contributed by atoms with Gasteiger partial charge in [-0.25, -0.2) is 8.78 Å². The Morgan fingerprint density at radius 3 is 2.52 bits per heavy atom. The Hall–Kier alpha value is -2.71. The molecule has 0 spiro atoms. The number of benzene rings is 2. The van der Waals surface area contributed by atoms with Crippen LogP contribution >= 0.6 is 0 Å². The fourth-order valence-electron chi connectivity index (χ4n) is 3.56. The normalized spacial score (nSPS) is 16.1. The molecule has 1 atom stereocenters. The van der Waals surface area contributed by atoms with Crippen LogP contribution in [-0.4, -0.2) is 57.4 Å². The van der Waals surface area contributed by atoms with Crippen LogP contribution in [0.1, 0.15) is 24.1 Å². The Kier molecular flexibility index (Phi) is 8.61. The predicted octanol–water partition coefficient (Wildman–Crippen LogP) is 3.10. The lowest BCUT2D eigenvalue weighted by molar-refractivity contribution is 0.0170. The van der Waals surface area contributed by atoms with Crippen LogP contribution in [0, 0.1) is 11.6 Å². The fraction of sp³-hybridized carbons (Fsp3) is 0.435. The number of rotatable bonds is 8. The van der Waals surface area contributed by atoms with Crippen molar-refractivity contribution in [2.24, 2.45) is 4.99 Å². The van der Waals surface area contributed by atoms with Gasteiger partial charge < -0.3 is 20.1 Å². The number of guanidine groups is 1. The van der Waals surface area contributed by atoms with Gasteiger partial charge in [0.1, 0.15) is 5.82 Å². The summed E-state index contributed by atoms with van der Waals surface area (Å²) in [6, 6.07) is 11.6. The number of morpholine rings is 1. The Morgan fingerprint density at radius 1 is 1.13 bits per heavy atom. The summed E-state index contributed by atoms with van der Waals surface area (Å²) >= 11 is 0. The molecule has 1 aliphatic rings. The highest BCUT2D eigenvalue weighted by atomic mass is 19.1. The summed E-state index contributed by atoms with van der Waals surface area (Å²) in [4.78, 5) is 6.59. The molecule has 0 amide bonds. The second-order valence-corrected chi connectivity index (χ2v) is 7.22. The lowest BCUT2D eigenvalue weighted by atomic mass is 10.0. The van der Waals surface area contributed by atoms with E-state index in [0.717, 1.165) is 24.2 Å². The van der Waals surface area contributed by atoms with Crippen molar-refractivity contribution in [1.82, 2.24) is 15.5 Å². The van der Waals surface area contributed by atoms with Crippen molar-refractivity contribution in [2.75, 3.05) is 46.5 Å². The van der Waals surface area contributed by atoms with Gasteiger partial charge in [0.15, 0.2) is 17.5 Å². The maximum atomic E-state index is 14.1. The first-order chi connectivity index (χ1) is 15.1. The first-order valence-electron chi connectivity index (χ1n) is 10.5. The monoisotopic (exact) mass is 432 g/mol. The summed E-state index contributed by atoms with van der Waals surface area (Å²) < 4.78 is 38.2. The minimum absolute atomic E-state index is 0.0472. The third-order valence-corrected chi connectivity index (χ3v) is 5.18. The highest BCUT2D eigenvalue weighted by Crippen LogP contribution is 2.22. The third kappa shape index (κ3) is 6.63. The second kappa shape index (κ2) is 11.6. The van der Waals surface area contributed by atoms with Crippen molar-refractivity contribution in [3.05, 3.63) is 65.2 Å². The molecule has 168 valence electrons. The smallest absolute Gasteiger partial charge is 0.191 e. The zero-order valence-corrected chi connectivity index (χ0v) is 18.0. The van der Waals surface area contributed by atoms with Crippen molar-refractivity contribution in [2.45, 2.75) is 19.5 Å². The molecule has 0 aliphatic carbocycles. The summed E-state index contributed by atoms with van der Waals surface area (Å²) in [7, 11) is 1.69. The summed E-state index contributed by atoms with van der Waals surface area (Å²) in [5, 5.41) is 6.55. The summed E-state index contributed by atoms with van der Waals surface area (Å²) in [5.74, 6) is 0.223. The van der Waals surface area contributed by atoms with Crippen LogP contribution in [0.5, 0.6) is 5.75 Å². The number of aliphatic imine (C=N–C) groups is 1. The van der Waals surface area contributed by atoms with Gasteiger partial charge >= 0.3 is 0 Å². The molecule has 6 nitrogen and oxygen atoms in total. The van der Waals surface area contributed by atoms with E-state index < -0.39 is 0 Å². The van der Waals surface area contributed by atoms with Crippen LogP contribution in [0.2, 0.25) is 0 Å². The molecule has 1 unspecified atom stereocenters. The Bertz CT molecular complexity index is 855. The number of hydrogen-bond donors (Lipinski definition) is 2. The molecule has 1 aliphatic heterocycles. The zero-order chi connectivity index (χ0) is 22.1. The molecule has 0 saturated carbocycles. The molecule has 2 aromatic carbocycles. The lowest BCUT2D eigenvalue weighted by Gasteiger charge is -2.35. The SMILES string of the molecule is CCOc1ccc(CNC(=NC)NCC(c2ccc(F)cc2)N2CCOCC2)cc1F. The molecule has 1 fully saturated rings. The first kappa shape index (κ1) is 23.0. The lowest BCUT2D eigenvalue weighted by Crippen LogP contribution is -2.46. The Morgan fingerprint density at radius 2 is 1.87 bits per heavy atom. The molecule has 0 radical (unpaired) electrons. The minimum Gasteiger partial charge on any atom is -0.491 e. The average Bonchev–Trinajstić information content (AvgIpc) is 2.79. The molecule has 1 saturated heterocycles. The molecule has 0 bridgehead atoms. The predicted molar refractivity (Wildman–Crippen MR) is 117 cm³/mol. The van der Waals surface area contributed by atoms with Gasteiger partial charge in [-0.15, -0.1) is 0 Å².